The van der Waals surface area contributed by atoms with Gasteiger partial charge in [-0.1, -0.05) is 27.7 Å². The SMILES string of the molecule is CC(C)Cc1cc(C(C)C)co1. The Morgan fingerprint density at radius 1 is 1.25 bits per heavy atom. The molecule has 12 heavy (non-hydrogen) atoms. The highest BCUT2D eigenvalue weighted by Gasteiger charge is 2.06. The predicted molar refractivity (Wildman–Crippen MR) is 51.3 cm³/mol. The lowest BCUT2D eigenvalue weighted by atomic mass is 10.0. The summed E-state index contributed by atoms with van der Waals surface area (Å²) < 4.78 is 5.44. The summed E-state index contributed by atoms with van der Waals surface area (Å²) in [5, 5.41) is 0. The third-order valence-electron chi connectivity index (χ3n) is 1.95. The second-order valence-corrected chi connectivity index (χ2v) is 4.10. The summed E-state index contributed by atoms with van der Waals surface area (Å²) in [7, 11) is 0. The third-order valence-corrected chi connectivity index (χ3v) is 1.95. The Morgan fingerprint density at radius 3 is 2.33 bits per heavy atom. The van der Waals surface area contributed by atoms with Gasteiger partial charge in [-0.05, 0) is 23.5 Å². The molecule has 0 bridgehead atoms. The minimum Gasteiger partial charge on any atom is -0.469 e. The Labute approximate surface area is 74.8 Å². The van der Waals surface area contributed by atoms with E-state index < -0.39 is 0 Å². The fourth-order valence-corrected chi connectivity index (χ4v) is 1.21. The van der Waals surface area contributed by atoms with E-state index in [0.717, 1.165) is 12.2 Å². The first-order chi connectivity index (χ1) is 5.59. The van der Waals surface area contributed by atoms with Crippen molar-refractivity contribution in [3.8, 4) is 0 Å². The number of hydrogen-bond acceptors (Lipinski definition) is 1. The topological polar surface area (TPSA) is 13.1 Å². The predicted octanol–water partition coefficient (Wildman–Crippen LogP) is 3.60. The molecule has 1 rings (SSSR count). The van der Waals surface area contributed by atoms with Crippen LogP contribution in [0.5, 0.6) is 0 Å². The fraction of sp³-hybridized carbons (Fsp3) is 0.636. The summed E-state index contributed by atoms with van der Waals surface area (Å²) in [6, 6.07) is 2.17. The van der Waals surface area contributed by atoms with Crippen molar-refractivity contribution in [3.05, 3.63) is 23.7 Å². The lowest BCUT2D eigenvalue weighted by molar-refractivity contribution is 0.471. The summed E-state index contributed by atoms with van der Waals surface area (Å²) in [6.07, 6.45) is 2.93. The van der Waals surface area contributed by atoms with Crippen molar-refractivity contribution in [3.63, 3.8) is 0 Å². The maximum absolute atomic E-state index is 5.44. The van der Waals surface area contributed by atoms with E-state index >= 15 is 0 Å². The normalized spacial score (nSPS) is 11.5. The molecule has 0 fully saturated rings. The monoisotopic (exact) mass is 166 g/mol. The Morgan fingerprint density at radius 2 is 1.92 bits per heavy atom. The molecule has 0 radical (unpaired) electrons. The van der Waals surface area contributed by atoms with Crippen LogP contribution < -0.4 is 0 Å². The van der Waals surface area contributed by atoms with E-state index in [9.17, 15) is 0 Å². The molecule has 0 aliphatic heterocycles. The molecule has 0 spiro atoms. The van der Waals surface area contributed by atoms with E-state index in [1.165, 1.54) is 5.56 Å². The summed E-state index contributed by atoms with van der Waals surface area (Å²) >= 11 is 0. The summed E-state index contributed by atoms with van der Waals surface area (Å²) in [5.41, 5.74) is 1.31. The largest absolute Gasteiger partial charge is 0.469 e. The van der Waals surface area contributed by atoms with Gasteiger partial charge in [0.15, 0.2) is 0 Å². The number of furan rings is 1. The van der Waals surface area contributed by atoms with Gasteiger partial charge in [0.05, 0.1) is 6.26 Å². The van der Waals surface area contributed by atoms with Crippen LogP contribution in [0.3, 0.4) is 0 Å². The molecule has 1 aromatic heterocycles. The van der Waals surface area contributed by atoms with Crippen molar-refractivity contribution in [1.29, 1.82) is 0 Å². The van der Waals surface area contributed by atoms with Gasteiger partial charge in [0.25, 0.3) is 0 Å². The van der Waals surface area contributed by atoms with Crippen LogP contribution in [-0.4, -0.2) is 0 Å². The van der Waals surface area contributed by atoms with Gasteiger partial charge >= 0.3 is 0 Å². The summed E-state index contributed by atoms with van der Waals surface area (Å²) in [4.78, 5) is 0. The minimum absolute atomic E-state index is 0.578. The summed E-state index contributed by atoms with van der Waals surface area (Å²) in [6.45, 7) is 8.78. The lowest BCUT2D eigenvalue weighted by Gasteiger charge is -1.99. The van der Waals surface area contributed by atoms with Crippen LogP contribution in [0.15, 0.2) is 16.7 Å². The molecule has 1 aromatic rings. The van der Waals surface area contributed by atoms with Crippen LogP contribution in [0.2, 0.25) is 0 Å². The van der Waals surface area contributed by atoms with Gasteiger partial charge in [-0.15, -0.1) is 0 Å². The highest BCUT2D eigenvalue weighted by Crippen LogP contribution is 2.19. The molecule has 0 N–H and O–H groups in total. The molecular weight excluding hydrogens is 148 g/mol. The first-order valence-electron chi connectivity index (χ1n) is 4.67. The van der Waals surface area contributed by atoms with Crippen LogP contribution in [0.1, 0.15) is 44.9 Å². The molecule has 68 valence electrons. The molecule has 0 saturated carbocycles. The van der Waals surface area contributed by atoms with E-state index in [2.05, 4.69) is 33.8 Å². The molecule has 0 amide bonds. The molecule has 0 aromatic carbocycles. The maximum Gasteiger partial charge on any atom is 0.104 e. The van der Waals surface area contributed by atoms with Gasteiger partial charge in [0.2, 0.25) is 0 Å². The average molecular weight is 166 g/mol. The van der Waals surface area contributed by atoms with E-state index in [0.29, 0.717) is 11.8 Å². The molecule has 1 nitrogen and oxygen atoms in total. The van der Waals surface area contributed by atoms with Crippen molar-refractivity contribution in [2.75, 3.05) is 0 Å². The molecule has 0 aliphatic carbocycles. The molecule has 0 aliphatic rings. The quantitative estimate of drug-likeness (QED) is 0.668. The van der Waals surface area contributed by atoms with E-state index in [1.54, 1.807) is 0 Å². The van der Waals surface area contributed by atoms with Gasteiger partial charge in [-0.3, -0.25) is 0 Å². The van der Waals surface area contributed by atoms with Gasteiger partial charge in [-0.2, -0.15) is 0 Å². The molecule has 0 saturated heterocycles. The first kappa shape index (κ1) is 9.37. The molecule has 1 heterocycles. The Kier molecular flexibility index (Phi) is 2.96. The van der Waals surface area contributed by atoms with E-state index in [4.69, 9.17) is 4.42 Å². The van der Waals surface area contributed by atoms with Crippen LogP contribution in [0.25, 0.3) is 0 Å². The fourth-order valence-electron chi connectivity index (χ4n) is 1.21. The Hall–Kier alpha value is -0.720. The first-order valence-corrected chi connectivity index (χ1v) is 4.67. The zero-order valence-electron chi connectivity index (χ0n) is 8.42. The molecule has 1 heteroatoms. The smallest absolute Gasteiger partial charge is 0.104 e. The lowest BCUT2D eigenvalue weighted by Crippen LogP contribution is -1.91. The number of hydrogen-bond donors (Lipinski definition) is 0. The highest BCUT2D eigenvalue weighted by atomic mass is 16.3. The van der Waals surface area contributed by atoms with E-state index in [-0.39, 0.29) is 0 Å². The molecular formula is C11H18O. The summed E-state index contributed by atoms with van der Waals surface area (Å²) in [5.74, 6) is 2.37. The Balaban J connectivity index is 2.64. The molecule has 0 atom stereocenters. The number of rotatable bonds is 3. The Bertz CT molecular complexity index is 233. The second kappa shape index (κ2) is 3.79. The van der Waals surface area contributed by atoms with Gasteiger partial charge in [0, 0.05) is 6.42 Å². The zero-order chi connectivity index (χ0) is 9.14. The van der Waals surface area contributed by atoms with Gasteiger partial charge in [0.1, 0.15) is 5.76 Å². The van der Waals surface area contributed by atoms with Crippen LogP contribution >= 0.6 is 0 Å². The van der Waals surface area contributed by atoms with Crippen LogP contribution in [0, 0.1) is 5.92 Å². The van der Waals surface area contributed by atoms with Gasteiger partial charge in [-0.25, -0.2) is 0 Å². The average Bonchev–Trinajstić information content (AvgIpc) is 2.34. The second-order valence-electron chi connectivity index (χ2n) is 4.10. The van der Waals surface area contributed by atoms with Crippen molar-refractivity contribution >= 4 is 0 Å². The third kappa shape index (κ3) is 2.40. The standard InChI is InChI=1S/C11H18O/c1-8(2)5-11-6-10(7-12-11)9(3)4/h6-9H,5H2,1-4H3. The highest BCUT2D eigenvalue weighted by molar-refractivity contribution is 5.16. The van der Waals surface area contributed by atoms with Gasteiger partial charge < -0.3 is 4.42 Å². The van der Waals surface area contributed by atoms with E-state index in [1.807, 2.05) is 6.26 Å². The van der Waals surface area contributed by atoms with Crippen LogP contribution in [-0.2, 0) is 6.42 Å². The molecule has 0 unspecified atom stereocenters. The van der Waals surface area contributed by atoms with Crippen LogP contribution in [0.4, 0.5) is 0 Å². The van der Waals surface area contributed by atoms with Crippen molar-refractivity contribution in [2.24, 2.45) is 5.92 Å². The zero-order valence-corrected chi connectivity index (χ0v) is 8.42. The minimum atomic E-state index is 0.578. The van der Waals surface area contributed by atoms with Crippen molar-refractivity contribution in [2.45, 2.75) is 40.0 Å². The maximum atomic E-state index is 5.44. The van der Waals surface area contributed by atoms with Crippen molar-refractivity contribution < 1.29 is 4.42 Å². The van der Waals surface area contributed by atoms with Crippen molar-refractivity contribution in [1.82, 2.24) is 0 Å².